The molecule has 3 amide bonds. The average Bonchev–Trinajstić information content (AvgIpc) is 3.42. The van der Waals surface area contributed by atoms with E-state index in [0.717, 1.165) is 16.5 Å². The van der Waals surface area contributed by atoms with Crippen molar-refractivity contribution in [3.63, 3.8) is 0 Å². The second-order valence-electron chi connectivity index (χ2n) is 10.7. The molecule has 0 spiro atoms. The summed E-state index contributed by atoms with van der Waals surface area (Å²) in [5.41, 5.74) is 3.13. The molecule has 7 rings (SSSR count). The summed E-state index contributed by atoms with van der Waals surface area (Å²) in [4.78, 5) is 41.2. The second-order valence-corrected chi connectivity index (χ2v) is 10.7. The number of aromatic nitrogens is 1. The summed E-state index contributed by atoms with van der Waals surface area (Å²) in [5, 5.41) is 10.8. The molecule has 0 unspecified atom stereocenters. The highest BCUT2D eigenvalue weighted by atomic mass is 16.5. The van der Waals surface area contributed by atoms with Crippen molar-refractivity contribution in [3.05, 3.63) is 83.0 Å². The van der Waals surface area contributed by atoms with Crippen LogP contribution in [0.25, 0.3) is 11.0 Å². The number of aryl methyl sites for hydroxylation is 1. The third kappa shape index (κ3) is 6.11. The molecule has 2 N–H and O–H groups in total. The zero-order chi connectivity index (χ0) is 29.9. The average molecular weight is 585 g/mol. The number of para-hydroxylation sites is 1. The zero-order valence-electron chi connectivity index (χ0n) is 23.9. The number of likely N-dealkylation sites (tertiary alicyclic amines) is 1. The Balaban J connectivity index is 1.28. The Hall–Kier alpha value is -5.06. The van der Waals surface area contributed by atoms with Crippen molar-refractivity contribution in [1.82, 2.24) is 20.7 Å². The van der Waals surface area contributed by atoms with Crippen molar-refractivity contribution >= 4 is 28.7 Å². The van der Waals surface area contributed by atoms with Gasteiger partial charge in [0.25, 0.3) is 11.8 Å². The largest absolute Gasteiger partial charge is 0.496 e. The predicted octanol–water partition coefficient (Wildman–Crippen LogP) is 3.17. The number of carbonyl (C=O) groups is 3. The van der Waals surface area contributed by atoms with Crippen LogP contribution in [0.5, 0.6) is 17.2 Å². The number of amides is 3. The molecule has 3 aliphatic heterocycles. The van der Waals surface area contributed by atoms with Gasteiger partial charge in [-0.15, -0.1) is 0 Å². The maximum Gasteiger partial charge on any atom is 0.258 e. The molecule has 0 saturated carbocycles. The van der Waals surface area contributed by atoms with Gasteiger partial charge in [-0.3, -0.25) is 14.4 Å². The van der Waals surface area contributed by atoms with E-state index in [9.17, 15) is 14.4 Å². The smallest absolute Gasteiger partial charge is 0.258 e. The topological polar surface area (TPSA) is 132 Å². The Bertz CT molecular complexity index is 1680. The third-order valence-electron chi connectivity index (χ3n) is 7.82. The summed E-state index contributed by atoms with van der Waals surface area (Å²) in [6.07, 6.45) is 0.138. The van der Waals surface area contributed by atoms with Gasteiger partial charge >= 0.3 is 0 Å². The molecule has 222 valence electrons. The summed E-state index contributed by atoms with van der Waals surface area (Å²) in [6, 6.07) is 17.4. The van der Waals surface area contributed by atoms with Crippen LogP contribution in [0.15, 0.2) is 65.2 Å². The van der Waals surface area contributed by atoms with Crippen molar-refractivity contribution in [2.75, 3.05) is 26.8 Å². The number of carbonyl (C=O) groups excluding carboxylic acids is 3. The summed E-state index contributed by atoms with van der Waals surface area (Å²) >= 11 is 0. The molecule has 43 heavy (non-hydrogen) atoms. The summed E-state index contributed by atoms with van der Waals surface area (Å²) in [7, 11) is 1.55. The van der Waals surface area contributed by atoms with Gasteiger partial charge in [0.2, 0.25) is 5.91 Å². The lowest BCUT2D eigenvalue weighted by Gasteiger charge is -2.39. The second kappa shape index (κ2) is 12.0. The van der Waals surface area contributed by atoms with Gasteiger partial charge in [0.1, 0.15) is 29.0 Å². The lowest BCUT2D eigenvalue weighted by molar-refractivity contribution is -0.133. The van der Waals surface area contributed by atoms with Crippen LogP contribution in [0.1, 0.15) is 33.6 Å². The molecule has 11 nitrogen and oxygen atoms in total. The van der Waals surface area contributed by atoms with Crippen molar-refractivity contribution in [2.45, 2.75) is 38.5 Å². The molecule has 0 aliphatic carbocycles. The van der Waals surface area contributed by atoms with E-state index in [1.54, 1.807) is 42.3 Å². The minimum absolute atomic E-state index is 0.0767. The van der Waals surface area contributed by atoms with Crippen LogP contribution in [0.3, 0.4) is 0 Å². The van der Waals surface area contributed by atoms with Gasteiger partial charge < -0.3 is 34.3 Å². The van der Waals surface area contributed by atoms with E-state index in [1.807, 2.05) is 37.3 Å². The van der Waals surface area contributed by atoms with E-state index in [0.29, 0.717) is 47.1 Å². The van der Waals surface area contributed by atoms with Crippen LogP contribution in [-0.2, 0) is 22.6 Å². The first-order valence-corrected chi connectivity index (χ1v) is 14.1. The third-order valence-corrected chi connectivity index (χ3v) is 7.82. The Morgan fingerprint density at radius 3 is 2.84 bits per heavy atom. The summed E-state index contributed by atoms with van der Waals surface area (Å²) in [6.45, 7) is 2.56. The summed E-state index contributed by atoms with van der Waals surface area (Å²) < 4.78 is 23.1. The van der Waals surface area contributed by atoms with Crippen LogP contribution in [0, 0.1) is 6.92 Å². The molecule has 3 aromatic carbocycles. The molecule has 4 heterocycles. The normalized spacial score (nSPS) is 19.0. The molecule has 1 fully saturated rings. The van der Waals surface area contributed by atoms with Crippen LogP contribution in [0.4, 0.5) is 0 Å². The number of fused-ring (bicyclic) bond motifs is 8. The molecule has 0 radical (unpaired) electrons. The lowest BCUT2D eigenvalue weighted by atomic mass is 10.00. The zero-order valence-corrected chi connectivity index (χ0v) is 23.9. The molecule has 1 saturated heterocycles. The number of nitrogens with zero attached hydrogens (tertiary/aromatic N) is 2. The first-order valence-electron chi connectivity index (χ1n) is 14.1. The molecular formula is C32H32N4O7. The number of ether oxygens (including phenoxy) is 3. The number of hydrogen-bond donors (Lipinski definition) is 2. The molecular weight excluding hydrogens is 552 g/mol. The maximum absolute atomic E-state index is 13.5. The molecule has 11 heteroatoms. The fourth-order valence-corrected chi connectivity index (χ4v) is 5.41. The van der Waals surface area contributed by atoms with E-state index in [2.05, 4.69) is 15.8 Å². The first kappa shape index (κ1) is 28.1. The van der Waals surface area contributed by atoms with Crippen LogP contribution < -0.4 is 24.8 Å². The molecule has 4 aromatic rings. The minimum atomic E-state index is -0.519. The van der Waals surface area contributed by atoms with E-state index in [-0.39, 0.29) is 43.8 Å². The highest BCUT2D eigenvalue weighted by Gasteiger charge is 2.35. The van der Waals surface area contributed by atoms with Gasteiger partial charge in [-0.25, -0.2) is 0 Å². The van der Waals surface area contributed by atoms with Crippen molar-refractivity contribution < 1.29 is 33.1 Å². The van der Waals surface area contributed by atoms with Gasteiger partial charge in [-0.1, -0.05) is 23.4 Å². The van der Waals surface area contributed by atoms with E-state index < -0.39 is 12.1 Å². The first-order chi connectivity index (χ1) is 20.9. The van der Waals surface area contributed by atoms with Crippen LogP contribution in [0.2, 0.25) is 0 Å². The SMILES string of the molecule is COc1cc2ccc1CNC(=O)COc1cc(ccc1C)C(=O)N[C@H]1CN(C(=O)Cc3noc4ccccc34)CC[C@H]1O2. The van der Waals surface area contributed by atoms with E-state index >= 15 is 0 Å². The van der Waals surface area contributed by atoms with Crippen molar-refractivity contribution in [2.24, 2.45) is 0 Å². The molecule has 1 aromatic heterocycles. The maximum atomic E-state index is 13.5. The van der Waals surface area contributed by atoms with Crippen LogP contribution >= 0.6 is 0 Å². The minimum Gasteiger partial charge on any atom is -0.496 e. The Morgan fingerprint density at radius 2 is 1.98 bits per heavy atom. The van der Waals surface area contributed by atoms with Gasteiger partial charge in [0.05, 0.1) is 19.6 Å². The monoisotopic (exact) mass is 584 g/mol. The number of hydrogen-bond acceptors (Lipinski definition) is 8. The van der Waals surface area contributed by atoms with Gasteiger partial charge in [-0.2, -0.15) is 0 Å². The number of benzene rings is 3. The molecule has 2 atom stereocenters. The molecule has 4 bridgehead atoms. The highest BCUT2D eigenvalue weighted by molar-refractivity contribution is 5.95. The quantitative estimate of drug-likeness (QED) is 0.375. The number of piperidine rings is 1. The van der Waals surface area contributed by atoms with Gasteiger partial charge in [-0.05, 0) is 48.9 Å². The van der Waals surface area contributed by atoms with E-state index in [4.69, 9.17) is 18.7 Å². The lowest BCUT2D eigenvalue weighted by Crippen LogP contribution is -2.58. The number of methoxy groups -OCH3 is 1. The number of rotatable bonds is 3. The molecule has 3 aliphatic rings. The predicted molar refractivity (Wildman–Crippen MR) is 156 cm³/mol. The highest BCUT2D eigenvalue weighted by Crippen LogP contribution is 2.28. The van der Waals surface area contributed by atoms with Gasteiger partial charge in [0.15, 0.2) is 12.2 Å². The fourth-order valence-electron chi connectivity index (χ4n) is 5.41. The number of nitrogens with one attached hydrogen (secondary N) is 2. The van der Waals surface area contributed by atoms with Gasteiger partial charge in [0, 0.05) is 48.6 Å². The van der Waals surface area contributed by atoms with Crippen LogP contribution in [-0.4, -0.2) is 66.7 Å². The van der Waals surface area contributed by atoms with E-state index in [1.165, 1.54) is 0 Å². The fraction of sp³-hybridized carbons (Fsp3) is 0.312. The van der Waals surface area contributed by atoms with Crippen molar-refractivity contribution in [3.8, 4) is 17.2 Å². The summed E-state index contributed by atoms with van der Waals surface area (Å²) in [5.74, 6) is 0.761. The van der Waals surface area contributed by atoms with Crippen molar-refractivity contribution in [1.29, 1.82) is 0 Å². The Kier molecular flexibility index (Phi) is 7.86. The standard InChI is InChI=1S/C32H32N4O7/c1-19-7-8-20-13-28(19)41-18-30(37)33-16-21-9-10-22(14-29(21)40-2)42-27-11-12-36(17-25(27)34-32(20)39)31(38)15-24-23-5-3-4-6-26(23)43-35-24/h3-10,13-14,25,27H,11-12,15-18H2,1-2H3,(H,33,37)(H,34,39)/t25-,27+/m0/s1. The Morgan fingerprint density at radius 1 is 1.12 bits per heavy atom. The Labute approximate surface area is 248 Å².